The molecule has 1 aromatic heterocycles. The molecule has 1 aliphatic heterocycles. The van der Waals surface area contributed by atoms with Crippen LogP contribution in [0.25, 0.3) is 10.9 Å². The zero-order valence-electron chi connectivity index (χ0n) is 23.1. The molecule has 218 valence electrons. The predicted molar refractivity (Wildman–Crippen MR) is 157 cm³/mol. The fraction of sp³-hybridized carbons (Fsp3) is 0.300. The van der Waals surface area contributed by atoms with E-state index in [4.69, 9.17) is 0 Å². The van der Waals surface area contributed by atoms with E-state index in [-0.39, 0.29) is 21.6 Å². The van der Waals surface area contributed by atoms with Gasteiger partial charge in [-0.3, -0.25) is 9.59 Å². The van der Waals surface area contributed by atoms with E-state index in [1.165, 1.54) is 47.4 Å². The van der Waals surface area contributed by atoms with Crippen molar-refractivity contribution in [3.8, 4) is 0 Å². The highest BCUT2D eigenvalue weighted by molar-refractivity contribution is 7.91. The molecule has 2 aliphatic rings. The standard InChI is InChI=1S/C30H31FN6O4S/c1-35-13-15-36(16-14-35)27-10-4-9-25(28(27)33-29(38)20-5-2-6-20)30(39)34-37-26-12-11-24(17-21(26)19-32-37)42(40,41)23-8-3-7-22(31)18-23/h3-4,7-12,17-20H,2,5-6,13-16H2,1H3,(H,33,38)(H,34,39). The topological polar surface area (TPSA) is 117 Å². The second kappa shape index (κ2) is 11.2. The Morgan fingerprint density at radius 3 is 2.40 bits per heavy atom. The van der Waals surface area contributed by atoms with Gasteiger partial charge in [0, 0.05) is 37.5 Å². The van der Waals surface area contributed by atoms with Gasteiger partial charge < -0.3 is 15.1 Å². The first-order chi connectivity index (χ1) is 20.2. The third-order valence-electron chi connectivity index (χ3n) is 8.02. The number of anilines is 2. The van der Waals surface area contributed by atoms with Gasteiger partial charge in [0.25, 0.3) is 5.91 Å². The number of carbonyl (C=O) groups is 2. The summed E-state index contributed by atoms with van der Waals surface area (Å²) < 4.78 is 39.8. The molecule has 2 heterocycles. The van der Waals surface area contributed by atoms with E-state index in [2.05, 4.69) is 32.7 Å². The number of nitrogens with zero attached hydrogens (tertiary/aromatic N) is 4. The van der Waals surface area contributed by atoms with E-state index < -0.39 is 21.6 Å². The molecule has 2 N–H and O–H groups in total. The molecule has 3 aromatic carbocycles. The number of likely N-dealkylation sites (N-methyl/N-ethyl adjacent to an activating group) is 1. The Bertz CT molecular complexity index is 1780. The van der Waals surface area contributed by atoms with Crippen LogP contribution in [-0.2, 0) is 14.6 Å². The monoisotopic (exact) mass is 590 g/mol. The Labute approximate surface area is 243 Å². The van der Waals surface area contributed by atoms with Crippen LogP contribution in [0.2, 0.25) is 0 Å². The predicted octanol–water partition coefficient (Wildman–Crippen LogP) is 3.88. The van der Waals surface area contributed by atoms with Gasteiger partial charge in [0.05, 0.1) is 38.4 Å². The van der Waals surface area contributed by atoms with Crippen molar-refractivity contribution < 1.29 is 22.4 Å². The van der Waals surface area contributed by atoms with E-state index >= 15 is 0 Å². The SMILES string of the molecule is CN1CCN(c2cccc(C(=O)Nn3ncc4cc(S(=O)(=O)c5cccc(F)c5)ccc43)c2NC(=O)C2CCC2)CC1. The number of hydrogen-bond donors (Lipinski definition) is 2. The number of piperazine rings is 1. The Morgan fingerprint density at radius 2 is 1.69 bits per heavy atom. The van der Waals surface area contributed by atoms with Crippen molar-refractivity contribution in [3.63, 3.8) is 0 Å². The number of rotatable bonds is 7. The number of benzene rings is 3. The van der Waals surface area contributed by atoms with Crippen LogP contribution >= 0.6 is 0 Å². The van der Waals surface area contributed by atoms with Gasteiger partial charge >= 0.3 is 0 Å². The summed E-state index contributed by atoms with van der Waals surface area (Å²) in [6.07, 6.45) is 4.13. The first kappa shape index (κ1) is 27.9. The summed E-state index contributed by atoms with van der Waals surface area (Å²) in [7, 11) is -1.90. The van der Waals surface area contributed by atoms with Gasteiger partial charge in [0.2, 0.25) is 15.7 Å². The molecular weight excluding hydrogens is 559 g/mol. The summed E-state index contributed by atoms with van der Waals surface area (Å²) in [5, 5.41) is 7.78. The third kappa shape index (κ3) is 5.35. The molecule has 42 heavy (non-hydrogen) atoms. The van der Waals surface area contributed by atoms with Crippen LogP contribution in [0, 0.1) is 11.7 Å². The summed E-state index contributed by atoms with van der Waals surface area (Å²) in [5.41, 5.74) is 4.81. The second-order valence-corrected chi connectivity index (χ2v) is 12.7. The van der Waals surface area contributed by atoms with E-state index in [0.29, 0.717) is 22.2 Å². The molecule has 0 unspecified atom stereocenters. The fourth-order valence-corrected chi connectivity index (χ4v) is 6.59. The largest absolute Gasteiger partial charge is 0.367 e. The van der Waals surface area contributed by atoms with E-state index in [1.54, 1.807) is 12.1 Å². The molecule has 1 aliphatic carbocycles. The number of fused-ring (bicyclic) bond motifs is 1. The van der Waals surface area contributed by atoms with Gasteiger partial charge in [0.15, 0.2) is 0 Å². The number of aromatic nitrogens is 2. The summed E-state index contributed by atoms with van der Waals surface area (Å²) in [6.45, 7) is 3.25. The Balaban J connectivity index is 1.30. The Hall–Kier alpha value is -4.29. The van der Waals surface area contributed by atoms with Gasteiger partial charge in [-0.2, -0.15) is 9.89 Å². The van der Waals surface area contributed by atoms with Crippen molar-refractivity contribution in [2.45, 2.75) is 29.1 Å². The lowest BCUT2D eigenvalue weighted by molar-refractivity contribution is -0.122. The van der Waals surface area contributed by atoms with Crippen LogP contribution in [0.5, 0.6) is 0 Å². The number of halogens is 1. The lowest BCUT2D eigenvalue weighted by atomic mass is 9.84. The number of carbonyl (C=O) groups excluding carboxylic acids is 2. The lowest BCUT2D eigenvalue weighted by Gasteiger charge is -2.36. The minimum atomic E-state index is -3.96. The van der Waals surface area contributed by atoms with Crippen molar-refractivity contribution in [3.05, 3.63) is 78.2 Å². The molecular formula is C30H31FN6O4S. The molecule has 2 fully saturated rings. The highest BCUT2D eigenvalue weighted by atomic mass is 32.2. The number of amides is 2. The van der Waals surface area contributed by atoms with Crippen molar-refractivity contribution in [2.75, 3.05) is 48.9 Å². The third-order valence-corrected chi connectivity index (χ3v) is 9.77. The first-order valence-corrected chi connectivity index (χ1v) is 15.4. The molecule has 0 radical (unpaired) electrons. The van der Waals surface area contributed by atoms with Crippen molar-refractivity contribution >= 4 is 43.9 Å². The highest BCUT2D eigenvalue weighted by Gasteiger charge is 2.29. The molecule has 12 heteroatoms. The van der Waals surface area contributed by atoms with Gasteiger partial charge in [-0.05, 0) is 68.4 Å². The molecule has 0 spiro atoms. The van der Waals surface area contributed by atoms with Gasteiger partial charge in [-0.15, -0.1) is 0 Å². The zero-order chi connectivity index (χ0) is 29.4. The minimum absolute atomic E-state index is 0.0210. The Kier molecular flexibility index (Phi) is 7.42. The first-order valence-electron chi connectivity index (χ1n) is 13.9. The van der Waals surface area contributed by atoms with Crippen LogP contribution < -0.4 is 15.6 Å². The maximum Gasteiger partial charge on any atom is 0.273 e. The molecule has 6 rings (SSSR count). The summed E-state index contributed by atoms with van der Waals surface area (Å²) in [5.74, 6) is -1.27. The molecule has 4 aromatic rings. The molecule has 0 atom stereocenters. The molecule has 10 nitrogen and oxygen atoms in total. The molecule has 1 saturated carbocycles. The van der Waals surface area contributed by atoms with Gasteiger partial charge in [-0.25, -0.2) is 18.2 Å². The van der Waals surface area contributed by atoms with Crippen LogP contribution in [0.15, 0.2) is 76.7 Å². The number of nitrogens with one attached hydrogen (secondary N) is 2. The molecule has 1 saturated heterocycles. The van der Waals surface area contributed by atoms with Crippen LogP contribution in [0.1, 0.15) is 29.6 Å². The number of sulfone groups is 1. The van der Waals surface area contributed by atoms with E-state index in [9.17, 15) is 22.4 Å². The van der Waals surface area contributed by atoms with Crippen LogP contribution in [0.3, 0.4) is 0 Å². The highest BCUT2D eigenvalue weighted by Crippen LogP contribution is 2.34. The second-order valence-electron chi connectivity index (χ2n) is 10.8. The Morgan fingerprint density at radius 1 is 0.952 bits per heavy atom. The number of para-hydroxylation sites is 1. The summed E-state index contributed by atoms with van der Waals surface area (Å²) in [6, 6.07) is 14.6. The van der Waals surface area contributed by atoms with Crippen LogP contribution in [-0.4, -0.2) is 68.2 Å². The van der Waals surface area contributed by atoms with Crippen molar-refractivity contribution in [2.24, 2.45) is 5.92 Å². The maximum atomic E-state index is 13.7. The van der Waals surface area contributed by atoms with Crippen LogP contribution in [0.4, 0.5) is 15.8 Å². The average molecular weight is 591 g/mol. The smallest absolute Gasteiger partial charge is 0.273 e. The molecule has 0 bridgehead atoms. The van der Waals surface area contributed by atoms with Gasteiger partial charge in [0.1, 0.15) is 5.82 Å². The quantitative estimate of drug-likeness (QED) is 0.336. The maximum absolute atomic E-state index is 13.7. The minimum Gasteiger partial charge on any atom is -0.367 e. The molecule has 2 amide bonds. The zero-order valence-corrected chi connectivity index (χ0v) is 23.9. The van der Waals surface area contributed by atoms with Crippen molar-refractivity contribution in [1.29, 1.82) is 0 Å². The normalized spacial score (nSPS) is 16.3. The van der Waals surface area contributed by atoms with Crippen molar-refractivity contribution in [1.82, 2.24) is 14.8 Å². The fourth-order valence-electron chi connectivity index (χ4n) is 5.26. The lowest BCUT2D eigenvalue weighted by Crippen LogP contribution is -2.45. The number of hydrogen-bond acceptors (Lipinski definition) is 7. The van der Waals surface area contributed by atoms with Gasteiger partial charge in [-0.1, -0.05) is 18.6 Å². The van der Waals surface area contributed by atoms with E-state index in [0.717, 1.165) is 57.2 Å². The summed E-state index contributed by atoms with van der Waals surface area (Å²) in [4.78, 5) is 32.2. The van der Waals surface area contributed by atoms with E-state index in [1.807, 2.05) is 6.07 Å². The average Bonchev–Trinajstić information content (AvgIpc) is 3.34. The summed E-state index contributed by atoms with van der Waals surface area (Å²) >= 11 is 0.